The number of aromatic nitrogens is 1. The molecule has 1 aliphatic carbocycles. The van der Waals surface area contributed by atoms with Gasteiger partial charge in [0.25, 0.3) is 0 Å². The summed E-state index contributed by atoms with van der Waals surface area (Å²) >= 11 is 0.730. The largest absolute Gasteiger partial charge is 0.443 e. The Bertz CT molecular complexity index is 452. The topological polar surface area (TPSA) is 34.1 Å². The summed E-state index contributed by atoms with van der Waals surface area (Å²) in [5.74, 6) is 0. The number of nitrogens with one attached hydrogen (secondary N) is 1. The van der Waals surface area contributed by atoms with Crippen molar-refractivity contribution in [1.82, 2.24) is 10.3 Å². The van der Waals surface area contributed by atoms with E-state index in [9.17, 15) is 13.2 Å². The normalized spacial score (nSPS) is 19.3. The third-order valence-electron chi connectivity index (χ3n) is 4.02. The first-order valence-corrected chi connectivity index (χ1v) is 8.03. The van der Waals surface area contributed by atoms with Crippen molar-refractivity contribution in [3.8, 4) is 0 Å². The van der Waals surface area contributed by atoms with Gasteiger partial charge in [-0.2, -0.15) is 13.2 Å². The lowest BCUT2D eigenvalue weighted by atomic mass is 9.75. The standard InChI is InChI=1S/C14H21F3N2OS/c1-3-7-18-10(8-13(20-2)5-4-6-13)11-9-19-12(21-11)14(15,16)17/h9-10,18H,3-8H2,1-2H3. The van der Waals surface area contributed by atoms with Crippen molar-refractivity contribution in [1.29, 1.82) is 0 Å². The molecule has 0 saturated heterocycles. The third kappa shape index (κ3) is 3.96. The Labute approximate surface area is 126 Å². The predicted molar refractivity (Wildman–Crippen MR) is 76.4 cm³/mol. The van der Waals surface area contributed by atoms with Crippen LogP contribution in [-0.2, 0) is 10.9 Å². The van der Waals surface area contributed by atoms with Gasteiger partial charge in [-0.15, -0.1) is 11.3 Å². The molecule has 0 bridgehead atoms. The van der Waals surface area contributed by atoms with Gasteiger partial charge in [0.2, 0.25) is 0 Å². The molecule has 1 atom stereocenters. The minimum Gasteiger partial charge on any atom is -0.378 e. The molecule has 1 aliphatic rings. The van der Waals surface area contributed by atoms with Gasteiger partial charge in [0.05, 0.1) is 5.60 Å². The summed E-state index contributed by atoms with van der Waals surface area (Å²) in [6, 6.07) is -0.126. The fraction of sp³-hybridized carbons (Fsp3) is 0.786. The number of ether oxygens (including phenoxy) is 1. The van der Waals surface area contributed by atoms with Crippen molar-refractivity contribution < 1.29 is 17.9 Å². The molecule has 0 spiro atoms. The van der Waals surface area contributed by atoms with Gasteiger partial charge in [-0.05, 0) is 38.6 Å². The molecule has 2 rings (SSSR count). The summed E-state index contributed by atoms with van der Waals surface area (Å²) < 4.78 is 43.7. The lowest BCUT2D eigenvalue weighted by molar-refractivity contribution is -0.137. The molecule has 0 amide bonds. The van der Waals surface area contributed by atoms with Crippen molar-refractivity contribution in [3.63, 3.8) is 0 Å². The monoisotopic (exact) mass is 322 g/mol. The molecule has 1 N–H and O–H groups in total. The van der Waals surface area contributed by atoms with Gasteiger partial charge in [0, 0.05) is 24.2 Å². The maximum atomic E-state index is 12.7. The molecule has 0 aromatic carbocycles. The molecule has 1 fully saturated rings. The van der Waals surface area contributed by atoms with Crippen LogP contribution in [0.4, 0.5) is 13.2 Å². The maximum absolute atomic E-state index is 12.7. The highest BCUT2D eigenvalue weighted by atomic mass is 32.1. The van der Waals surface area contributed by atoms with Gasteiger partial charge in [0.1, 0.15) is 0 Å². The van der Waals surface area contributed by atoms with Crippen LogP contribution in [0.2, 0.25) is 0 Å². The van der Waals surface area contributed by atoms with Gasteiger partial charge in [-0.25, -0.2) is 4.98 Å². The average Bonchev–Trinajstić information content (AvgIpc) is 2.87. The first-order valence-electron chi connectivity index (χ1n) is 7.21. The predicted octanol–water partition coefficient (Wildman–Crippen LogP) is 4.16. The second-order valence-electron chi connectivity index (χ2n) is 5.52. The second kappa shape index (κ2) is 6.62. The summed E-state index contributed by atoms with van der Waals surface area (Å²) in [5.41, 5.74) is -0.187. The number of halogens is 3. The van der Waals surface area contributed by atoms with Gasteiger partial charge in [-0.1, -0.05) is 6.92 Å². The Balaban J connectivity index is 2.13. The highest BCUT2D eigenvalue weighted by Crippen LogP contribution is 2.43. The van der Waals surface area contributed by atoms with E-state index in [0.29, 0.717) is 11.3 Å². The summed E-state index contributed by atoms with van der Waals surface area (Å²) in [5, 5.41) is 2.55. The van der Waals surface area contributed by atoms with E-state index in [4.69, 9.17) is 4.74 Å². The fourth-order valence-electron chi connectivity index (χ4n) is 2.61. The Kier molecular flexibility index (Phi) is 5.27. The lowest BCUT2D eigenvalue weighted by Gasteiger charge is -2.42. The molecular weight excluding hydrogens is 301 g/mol. The van der Waals surface area contributed by atoms with E-state index in [2.05, 4.69) is 10.3 Å². The summed E-state index contributed by atoms with van der Waals surface area (Å²) in [7, 11) is 1.68. The van der Waals surface area contributed by atoms with E-state index in [1.54, 1.807) is 7.11 Å². The number of alkyl halides is 3. The van der Waals surface area contributed by atoms with Crippen LogP contribution in [0.5, 0.6) is 0 Å². The van der Waals surface area contributed by atoms with E-state index in [-0.39, 0.29) is 11.6 Å². The molecule has 0 radical (unpaired) electrons. The smallest absolute Gasteiger partial charge is 0.378 e. The number of methoxy groups -OCH3 is 1. The maximum Gasteiger partial charge on any atom is 0.443 e. The minimum absolute atomic E-state index is 0.126. The zero-order valence-electron chi connectivity index (χ0n) is 12.3. The van der Waals surface area contributed by atoms with E-state index in [0.717, 1.165) is 43.6 Å². The van der Waals surface area contributed by atoms with E-state index >= 15 is 0 Å². The molecule has 21 heavy (non-hydrogen) atoms. The van der Waals surface area contributed by atoms with Crippen LogP contribution in [0.1, 0.15) is 55.0 Å². The molecule has 1 aromatic heterocycles. The van der Waals surface area contributed by atoms with E-state index in [1.165, 1.54) is 6.20 Å². The summed E-state index contributed by atoms with van der Waals surface area (Å²) in [4.78, 5) is 4.17. The lowest BCUT2D eigenvalue weighted by Crippen LogP contribution is -2.42. The number of rotatable bonds is 7. The Hall–Kier alpha value is -0.660. The number of hydrogen-bond donors (Lipinski definition) is 1. The van der Waals surface area contributed by atoms with Crippen molar-refractivity contribution >= 4 is 11.3 Å². The van der Waals surface area contributed by atoms with Crippen molar-refractivity contribution in [2.45, 2.75) is 56.8 Å². The first kappa shape index (κ1) is 16.7. The molecule has 7 heteroatoms. The van der Waals surface area contributed by atoms with Crippen LogP contribution in [-0.4, -0.2) is 24.2 Å². The number of hydrogen-bond acceptors (Lipinski definition) is 4. The summed E-state index contributed by atoms with van der Waals surface area (Å²) in [6.07, 6.45) is 1.67. The van der Waals surface area contributed by atoms with Gasteiger partial charge in [-0.3, -0.25) is 0 Å². The van der Waals surface area contributed by atoms with Crippen LogP contribution < -0.4 is 5.32 Å². The zero-order valence-corrected chi connectivity index (χ0v) is 13.1. The van der Waals surface area contributed by atoms with Gasteiger partial charge < -0.3 is 10.1 Å². The molecule has 0 aliphatic heterocycles. The second-order valence-corrected chi connectivity index (χ2v) is 6.58. The van der Waals surface area contributed by atoms with E-state index in [1.807, 2.05) is 6.92 Å². The SMILES string of the molecule is CCCNC(CC1(OC)CCC1)c1cnc(C(F)(F)F)s1. The molecule has 1 aromatic rings. The molecular formula is C14H21F3N2OS. The van der Waals surface area contributed by atoms with Crippen molar-refractivity contribution in [2.75, 3.05) is 13.7 Å². The number of thiazole rings is 1. The van der Waals surface area contributed by atoms with Crippen molar-refractivity contribution in [2.24, 2.45) is 0 Å². The molecule has 1 heterocycles. The van der Waals surface area contributed by atoms with Crippen LogP contribution in [0.15, 0.2) is 6.20 Å². The van der Waals surface area contributed by atoms with Gasteiger partial charge in [0.15, 0.2) is 5.01 Å². The van der Waals surface area contributed by atoms with Crippen LogP contribution >= 0.6 is 11.3 Å². The fourth-order valence-corrected chi connectivity index (χ4v) is 3.46. The molecule has 120 valence electrons. The Morgan fingerprint density at radius 2 is 2.19 bits per heavy atom. The minimum atomic E-state index is -4.37. The first-order chi connectivity index (χ1) is 9.90. The quantitative estimate of drug-likeness (QED) is 0.818. The summed E-state index contributed by atoms with van der Waals surface area (Å²) in [6.45, 7) is 2.80. The third-order valence-corrected chi connectivity index (χ3v) is 5.18. The van der Waals surface area contributed by atoms with E-state index < -0.39 is 11.2 Å². The van der Waals surface area contributed by atoms with Gasteiger partial charge >= 0.3 is 6.18 Å². The van der Waals surface area contributed by atoms with Crippen LogP contribution in [0, 0.1) is 0 Å². The zero-order chi connectivity index (χ0) is 15.5. The highest BCUT2D eigenvalue weighted by molar-refractivity contribution is 7.11. The average molecular weight is 322 g/mol. The van der Waals surface area contributed by atoms with Crippen LogP contribution in [0.3, 0.4) is 0 Å². The van der Waals surface area contributed by atoms with Crippen molar-refractivity contribution in [3.05, 3.63) is 16.1 Å². The highest BCUT2D eigenvalue weighted by Gasteiger charge is 2.41. The molecule has 3 nitrogen and oxygen atoms in total. The Morgan fingerprint density at radius 1 is 1.48 bits per heavy atom. The molecule has 1 unspecified atom stereocenters. The number of nitrogens with zero attached hydrogens (tertiary/aromatic N) is 1. The molecule has 1 saturated carbocycles. The van der Waals surface area contributed by atoms with Crippen LogP contribution in [0.25, 0.3) is 0 Å². The Morgan fingerprint density at radius 3 is 2.62 bits per heavy atom.